The second-order valence-corrected chi connectivity index (χ2v) is 5.14. The monoisotopic (exact) mass is 278 g/mol. The lowest BCUT2D eigenvalue weighted by molar-refractivity contribution is 0.0241. The van der Waals surface area contributed by atoms with E-state index in [1.165, 1.54) is 18.7 Å². The van der Waals surface area contributed by atoms with Gasteiger partial charge in [0.1, 0.15) is 6.33 Å². The molecule has 0 aromatic carbocycles. The van der Waals surface area contributed by atoms with Gasteiger partial charge < -0.3 is 15.8 Å². The van der Waals surface area contributed by atoms with E-state index in [-0.39, 0.29) is 5.91 Å². The third-order valence-corrected chi connectivity index (χ3v) is 3.50. The van der Waals surface area contributed by atoms with E-state index < -0.39 is 0 Å². The van der Waals surface area contributed by atoms with E-state index in [1.54, 1.807) is 0 Å². The van der Waals surface area contributed by atoms with Crippen molar-refractivity contribution in [3.63, 3.8) is 0 Å². The van der Waals surface area contributed by atoms with Gasteiger partial charge in [-0.15, -0.1) is 0 Å². The summed E-state index contributed by atoms with van der Waals surface area (Å²) in [7, 11) is 0. The molecule has 0 spiro atoms. The van der Waals surface area contributed by atoms with Crippen molar-refractivity contribution in [3.8, 4) is 0 Å². The first-order valence-electron chi connectivity index (χ1n) is 7.16. The van der Waals surface area contributed by atoms with Crippen molar-refractivity contribution in [2.45, 2.75) is 44.2 Å². The summed E-state index contributed by atoms with van der Waals surface area (Å²) in [6.45, 7) is 1.27. The molecule has 110 valence electrons. The van der Waals surface area contributed by atoms with Gasteiger partial charge in [0.15, 0.2) is 0 Å². The van der Waals surface area contributed by atoms with E-state index in [1.807, 2.05) is 0 Å². The van der Waals surface area contributed by atoms with Crippen molar-refractivity contribution >= 4 is 5.91 Å². The third kappa shape index (κ3) is 4.86. The predicted molar refractivity (Wildman–Crippen MR) is 75.2 cm³/mol. The molecule has 1 fully saturated rings. The first kappa shape index (κ1) is 14.9. The highest BCUT2D eigenvalue weighted by Gasteiger charge is 2.18. The topological polar surface area (TPSA) is 90.1 Å². The summed E-state index contributed by atoms with van der Waals surface area (Å²) in [5.41, 5.74) is 6.33. The smallest absolute Gasteiger partial charge is 0.254 e. The van der Waals surface area contributed by atoms with Crippen LogP contribution in [0.4, 0.5) is 0 Å². The Morgan fingerprint density at radius 2 is 2.00 bits per heavy atom. The molecule has 1 amide bonds. The van der Waals surface area contributed by atoms with Gasteiger partial charge in [-0.3, -0.25) is 4.79 Å². The zero-order chi connectivity index (χ0) is 14.2. The molecular weight excluding hydrogens is 256 g/mol. The minimum Gasteiger partial charge on any atom is -0.378 e. The molecule has 1 aromatic heterocycles. The fraction of sp³-hybridized carbons (Fsp3) is 0.643. The lowest BCUT2D eigenvalue weighted by atomic mass is 9.94. The fourth-order valence-corrected chi connectivity index (χ4v) is 2.30. The number of nitrogens with zero attached hydrogens (tertiary/aromatic N) is 2. The van der Waals surface area contributed by atoms with Crippen molar-refractivity contribution < 1.29 is 9.53 Å². The molecule has 0 radical (unpaired) electrons. The average Bonchev–Trinajstić information content (AvgIpc) is 2.49. The van der Waals surface area contributed by atoms with Crippen LogP contribution in [-0.2, 0) is 4.74 Å². The van der Waals surface area contributed by atoms with Crippen LogP contribution in [0.1, 0.15) is 42.5 Å². The Bertz CT molecular complexity index is 405. The van der Waals surface area contributed by atoms with Gasteiger partial charge in [0.2, 0.25) is 0 Å². The number of nitrogens with two attached hydrogens (primary N) is 1. The molecule has 0 saturated heterocycles. The molecule has 0 unspecified atom stereocenters. The molecule has 0 bridgehead atoms. The Labute approximate surface area is 119 Å². The van der Waals surface area contributed by atoms with Crippen molar-refractivity contribution in [3.05, 3.63) is 24.3 Å². The van der Waals surface area contributed by atoms with E-state index in [9.17, 15) is 4.79 Å². The maximum atomic E-state index is 11.7. The summed E-state index contributed by atoms with van der Waals surface area (Å²) in [4.78, 5) is 19.3. The highest BCUT2D eigenvalue weighted by Crippen LogP contribution is 2.19. The van der Waals surface area contributed by atoms with Crippen LogP contribution in [0.3, 0.4) is 0 Å². The van der Waals surface area contributed by atoms with E-state index in [2.05, 4.69) is 15.3 Å². The van der Waals surface area contributed by atoms with Crippen LogP contribution < -0.4 is 11.1 Å². The standard InChI is InChI=1S/C14H22N4O2/c15-12-2-4-13(5-3-12)20-7-1-6-18-14(19)11-8-16-10-17-9-11/h8-10,12-13H,1-7,15H2,(H,18,19). The maximum absolute atomic E-state index is 11.7. The highest BCUT2D eigenvalue weighted by atomic mass is 16.5. The number of carbonyl (C=O) groups excluding carboxylic acids is 1. The van der Waals surface area contributed by atoms with Gasteiger partial charge in [-0.1, -0.05) is 0 Å². The number of aromatic nitrogens is 2. The first-order chi connectivity index (χ1) is 9.75. The molecule has 0 aliphatic heterocycles. The molecule has 2 rings (SSSR count). The molecular formula is C14H22N4O2. The van der Waals surface area contributed by atoms with Crippen molar-refractivity contribution in [1.29, 1.82) is 0 Å². The Kier molecular flexibility index (Phi) is 5.88. The molecule has 3 N–H and O–H groups in total. The second kappa shape index (κ2) is 7.91. The van der Waals surface area contributed by atoms with Crippen LogP contribution in [-0.4, -0.2) is 41.2 Å². The van der Waals surface area contributed by atoms with Crippen LogP contribution in [0.2, 0.25) is 0 Å². The van der Waals surface area contributed by atoms with Crippen LogP contribution in [0.15, 0.2) is 18.7 Å². The summed E-state index contributed by atoms with van der Waals surface area (Å²) < 4.78 is 5.79. The second-order valence-electron chi connectivity index (χ2n) is 5.14. The Morgan fingerprint density at radius 1 is 1.30 bits per heavy atom. The van der Waals surface area contributed by atoms with Crippen molar-refractivity contribution in [1.82, 2.24) is 15.3 Å². The van der Waals surface area contributed by atoms with Crippen LogP contribution in [0, 0.1) is 0 Å². The highest BCUT2D eigenvalue weighted by molar-refractivity contribution is 5.93. The average molecular weight is 278 g/mol. The summed E-state index contributed by atoms with van der Waals surface area (Å²) in [5.74, 6) is -0.144. The molecule has 0 atom stereocenters. The molecule has 1 saturated carbocycles. The van der Waals surface area contributed by atoms with E-state index in [4.69, 9.17) is 10.5 Å². The van der Waals surface area contributed by atoms with Gasteiger partial charge in [-0.05, 0) is 32.1 Å². The number of ether oxygens (including phenoxy) is 1. The number of hydrogen-bond acceptors (Lipinski definition) is 5. The minimum atomic E-state index is -0.144. The summed E-state index contributed by atoms with van der Waals surface area (Å²) in [6, 6.07) is 0.349. The van der Waals surface area contributed by atoms with Crippen molar-refractivity contribution in [2.24, 2.45) is 5.73 Å². The van der Waals surface area contributed by atoms with E-state index >= 15 is 0 Å². The number of carbonyl (C=O) groups is 1. The maximum Gasteiger partial charge on any atom is 0.254 e. The van der Waals surface area contributed by atoms with Gasteiger partial charge >= 0.3 is 0 Å². The number of nitrogens with one attached hydrogen (secondary N) is 1. The molecule has 1 aliphatic rings. The molecule has 1 aliphatic carbocycles. The van der Waals surface area contributed by atoms with Gasteiger partial charge in [0.05, 0.1) is 11.7 Å². The number of rotatable bonds is 6. The molecule has 20 heavy (non-hydrogen) atoms. The number of amides is 1. The van der Waals surface area contributed by atoms with Crippen LogP contribution in [0.5, 0.6) is 0 Å². The summed E-state index contributed by atoms with van der Waals surface area (Å²) >= 11 is 0. The zero-order valence-electron chi connectivity index (χ0n) is 11.6. The lowest BCUT2D eigenvalue weighted by Crippen LogP contribution is -2.31. The van der Waals surface area contributed by atoms with Crippen LogP contribution >= 0.6 is 0 Å². The molecule has 1 aromatic rings. The van der Waals surface area contributed by atoms with Gasteiger partial charge in [0, 0.05) is 31.6 Å². The Morgan fingerprint density at radius 3 is 2.70 bits per heavy atom. The molecule has 6 heteroatoms. The van der Waals surface area contributed by atoms with Gasteiger partial charge in [0.25, 0.3) is 5.91 Å². The van der Waals surface area contributed by atoms with E-state index in [0.29, 0.717) is 30.9 Å². The number of hydrogen-bond donors (Lipinski definition) is 2. The Balaban J connectivity index is 1.55. The fourth-order valence-electron chi connectivity index (χ4n) is 2.30. The zero-order valence-corrected chi connectivity index (χ0v) is 11.6. The van der Waals surface area contributed by atoms with E-state index in [0.717, 1.165) is 32.1 Å². The summed E-state index contributed by atoms with van der Waals surface area (Å²) in [6.07, 6.45) is 9.76. The summed E-state index contributed by atoms with van der Waals surface area (Å²) in [5, 5.41) is 2.82. The predicted octanol–water partition coefficient (Wildman–Crippen LogP) is 0.883. The third-order valence-electron chi connectivity index (χ3n) is 3.50. The normalized spacial score (nSPS) is 22.4. The largest absolute Gasteiger partial charge is 0.378 e. The van der Waals surface area contributed by atoms with Gasteiger partial charge in [-0.2, -0.15) is 0 Å². The molecule has 6 nitrogen and oxygen atoms in total. The van der Waals surface area contributed by atoms with Crippen LogP contribution in [0.25, 0.3) is 0 Å². The SMILES string of the molecule is NC1CCC(OCCCNC(=O)c2cncnc2)CC1. The lowest BCUT2D eigenvalue weighted by Gasteiger charge is -2.26. The van der Waals surface area contributed by atoms with Crippen molar-refractivity contribution in [2.75, 3.05) is 13.2 Å². The van der Waals surface area contributed by atoms with Gasteiger partial charge in [-0.25, -0.2) is 9.97 Å². The quantitative estimate of drug-likeness (QED) is 0.754. The minimum absolute atomic E-state index is 0.144. The molecule has 1 heterocycles. The first-order valence-corrected chi connectivity index (χ1v) is 7.16. The Hall–Kier alpha value is -1.53.